The molecule has 4 heterocycles. The maximum Gasteiger partial charge on any atom is 0.275 e. The molecular formula is C21H20N6O3S. The second-order valence-electron chi connectivity index (χ2n) is 7.27. The SMILES string of the molecule is O=C(Nc1ccnc(N2CCC2)c1)C1=CNC2C=CC(c3ccccc3S(=O)O)=NN12. The van der Waals surface area contributed by atoms with E-state index in [0.717, 1.165) is 25.3 Å². The molecule has 2 unspecified atom stereocenters. The highest BCUT2D eigenvalue weighted by Gasteiger charge is 2.32. The van der Waals surface area contributed by atoms with Crippen molar-refractivity contribution in [1.82, 2.24) is 15.3 Å². The third-order valence-electron chi connectivity index (χ3n) is 5.32. The minimum atomic E-state index is -2.15. The van der Waals surface area contributed by atoms with Gasteiger partial charge in [-0.05, 0) is 30.7 Å². The number of hydrogen-bond acceptors (Lipinski definition) is 7. The number of benzene rings is 1. The topological polar surface area (TPSA) is 110 Å². The summed E-state index contributed by atoms with van der Waals surface area (Å²) in [5, 5.41) is 12.2. The summed E-state index contributed by atoms with van der Waals surface area (Å²) in [6.45, 7) is 1.94. The smallest absolute Gasteiger partial charge is 0.275 e. The van der Waals surface area contributed by atoms with Gasteiger partial charge >= 0.3 is 0 Å². The van der Waals surface area contributed by atoms with E-state index in [4.69, 9.17) is 0 Å². The lowest BCUT2D eigenvalue weighted by Gasteiger charge is -2.32. The number of pyridine rings is 1. The predicted octanol–water partition coefficient (Wildman–Crippen LogP) is 1.86. The molecule has 0 aliphatic carbocycles. The number of anilines is 2. The van der Waals surface area contributed by atoms with Gasteiger partial charge in [0.1, 0.15) is 17.7 Å². The molecule has 0 saturated carbocycles. The number of nitrogens with zero attached hydrogens (tertiary/aromatic N) is 4. The first-order valence-electron chi connectivity index (χ1n) is 9.85. The Morgan fingerprint density at radius 2 is 2.10 bits per heavy atom. The molecule has 2 atom stereocenters. The van der Waals surface area contributed by atoms with E-state index in [-0.39, 0.29) is 17.0 Å². The number of amides is 1. The van der Waals surface area contributed by atoms with Gasteiger partial charge in [-0.1, -0.05) is 18.2 Å². The highest BCUT2D eigenvalue weighted by molar-refractivity contribution is 7.79. The Bertz CT molecular complexity index is 1160. The Hall–Kier alpha value is -3.50. The van der Waals surface area contributed by atoms with Crippen LogP contribution in [0.4, 0.5) is 11.5 Å². The summed E-state index contributed by atoms with van der Waals surface area (Å²) in [5.74, 6) is 0.531. The van der Waals surface area contributed by atoms with Crippen molar-refractivity contribution >= 4 is 34.2 Å². The zero-order chi connectivity index (χ0) is 21.4. The van der Waals surface area contributed by atoms with Crippen molar-refractivity contribution in [3.63, 3.8) is 0 Å². The van der Waals surface area contributed by atoms with Crippen LogP contribution in [-0.2, 0) is 15.9 Å². The van der Waals surface area contributed by atoms with E-state index >= 15 is 0 Å². The number of carbonyl (C=O) groups excluding carboxylic acids is 1. The molecule has 9 nitrogen and oxygen atoms in total. The Kier molecular flexibility index (Phi) is 5.00. The average molecular weight is 436 g/mol. The normalized spacial score (nSPS) is 20.2. The fourth-order valence-corrected chi connectivity index (χ4v) is 4.14. The molecule has 3 N–H and O–H groups in total. The number of aromatic nitrogens is 1. The minimum Gasteiger partial charge on any atom is -0.365 e. The quantitative estimate of drug-likeness (QED) is 0.614. The van der Waals surface area contributed by atoms with Crippen LogP contribution in [0.5, 0.6) is 0 Å². The van der Waals surface area contributed by atoms with E-state index in [2.05, 4.69) is 25.6 Å². The predicted molar refractivity (Wildman–Crippen MR) is 118 cm³/mol. The van der Waals surface area contributed by atoms with Crippen molar-refractivity contribution in [2.75, 3.05) is 23.3 Å². The number of fused-ring (bicyclic) bond motifs is 1. The van der Waals surface area contributed by atoms with Gasteiger partial charge < -0.3 is 20.1 Å². The van der Waals surface area contributed by atoms with Gasteiger partial charge in [0.05, 0.1) is 10.6 Å². The van der Waals surface area contributed by atoms with Crippen LogP contribution in [0.25, 0.3) is 0 Å². The second-order valence-corrected chi connectivity index (χ2v) is 8.21. The minimum absolute atomic E-state index is 0.266. The van der Waals surface area contributed by atoms with Gasteiger partial charge in [0.25, 0.3) is 5.91 Å². The Morgan fingerprint density at radius 3 is 2.87 bits per heavy atom. The summed E-state index contributed by atoms with van der Waals surface area (Å²) in [4.78, 5) is 19.7. The second kappa shape index (κ2) is 7.97. The highest BCUT2D eigenvalue weighted by atomic mass is 32.2. The van der Waals surface area contributed by atoms with E-state index in [1.807, 2.05) is 12.1 Å². The van der Waals surface area contributed by atoms with E-state index in [0.29, 0.717) is 22.7 Å². The third kappa shape index (κ3) is 3.71. The summed E-state index contributed by atoms with van der Waals surface area (Å²) >= 11 is -2.15. The molecule has 5 rings (SSSR count). The molecule has 0 radical (unpaired) electrons. The Balaban J connectivity index is 1.37. The summed E-state index contributed by atoms with van der Waals surface area (Å²) in [6.07, 6.45) is 7.77. The molecule has 1 aromatic heterocycles. The third-order valence-corrected chi connectivity index (χ3v) is 6.05. The number of hydrogen-bond donors (Lipinski definition) is 3. The average Bonchev–Trinajstić information content (AvgIpc) is 3.16. The van der Waals surface area contributed by atoms with Crippen molar-refractivity contribution in [2.24, 2.45) is 5.10 Å². The van der Waals surface area contributed by atoms with Gasteiger partial charge in [-0.3, -0.25) is 4.79 Å². The Morgan fingerprint density at radius 1 is 1.26 bits per heavy atom. The lowest BCUT2D eigenvalue weighted by molar-refractivity contribution is -0.114. The number of carbonyl (C=O) groups is 1. The van der Waals surface area contributed by atoms with Crippen molar-refractivity contribution in [1.29, 1.82) is 0 Å². The molecular weight excluding hydrogens is 416 g/mol. The molecule has 1 fully saturated rings. The van der Waals surface area contributed by atoms with Gasteiger partial charge in [0.2, 0.25) is 0 Å². The molecule has 158 valence electrons. The van der Waals surface area contributed by atoms with Crippen LogP contribution < -0.4 is 15.5 Å². The van der Waals surface area contributed by atoms with Gasteiger partial charge in [-0.2, -0.15) is 5.10 Å². The molecule has 0 spiro atoms. The summed E-state index contributed by atoms with van der Waals surface area (Å²) in [7, 11) is 0. The Labute approximate surface area is 181 Å². The van der Waals surface area contributed by atoms with Crippen LogP contribution in [0.15, 0.2) is 76.6 Å². The summed E-state index contributed by atoms with van der Waals surface area (Å²) < 4.78 is 21.3. The highest BCUT2D eigenvalue weighted by Crippen LogP contribution is 2.26. The van der Waals surface area contributed by atoms with Crippen LogP contribution in [0.1, 0.15) is 12.0 Å². The van der Waals surface area contributed by atoms with Crippen LogP contribution in [0.2, 0.25) is 0 Å². The van der Waals surface area contributed by atoms with E-state index < -0.39 is 11.1 Å². The van der Waals surface area contributed by atoms with Gasteiger partial charge in [-0.25, -0.2) is 14.2 Å². The molecule has 10 heteroatoms. The number of hydrazone groups is 1. The van der Waals surface area contributed by atoms with Crippen LogP contribution in [0.3, 0.4) is 0 Å². The maximum atomic E-state index is 13.0. The van der Waals surface area contributed by atoms with Crippen molar-refractivity contribution < 1.29 is 13.6 Å². The molecule has 0 bridgehead atoms. The lowest BCUT2D eigenvalue weighted by Crippen LogP contribution is -2.38. The molecule has 3 aliphatic heterocycles. The zero-order valence-electron chi connectivity index (χ0n) is 16.4. The summed E-state index contributed by atoms with van der Waals surface area (Å²) in [6, 6.07) is 10.4. The molecule has 1 saturated heterocycles. The largest absolute Gasteiger partial charge is 0.365 e. The van der Waals surface area contributed by atoms with Gasteiger partial charge in [-0.15, -0.1) is 0 Å². The van der Waals surface area contributed by atoms with Crippen LogP contribution in [-0.4, -0.2) is 49.6 Å². The van der Waals surface area contributed by atoms with Crippen LogP contribution in [0, 0.1) is 0 Å². The molecule has 3 aliphatic rings. The zero-order valence-corrected chi connectivity index (χ0v) is 17.2. The first kappa shape index (κ1) is 19.5. The molecule has 31 heavy (non-hydrogen) atoms. The fourth-order valence-electron chi connectivity index (χ4n) is 3.59. The number of allylic oxidation sites excluding steroid dienone is 1. The first-order chi connectivity index (χ1) is 15.1. The van der Waals surface area contributed by atoms with Crippen molar-refractivity contribution in [3.8, 4) is 0 Å². The molecule has 1 aromatic carbocycles. The van der Waals surface area contributed by atoms with Gasteiger partial charge in [0, 0.05) is 42.8 Å². The summed E-state index contributed by atoms with van der Waals surface area (Å²) in [5.41, 5.74) is 2.04. The molecule has 2 aromatic rings. The number of nitrogens with one attached hydrogen (secondary N) is 2. The van der Waals surface area contributed by atoms with E-state index in [1.54, 1.807) is 53.8 Å². The maximum absolute atomic E-state index is 13.0. The van der Waals surface area contributed by atoms with Gasteiger partial charge in [0.15, 0.2) is 11.1 Å². The first-order valence-corrected chi connectivity index (χ1v) is 11.0. The standard InChI is InChI=1S/C21H20N6O3S/c28-21(24-14-8-9-22-20(12-14)26-10-3-11-26)17-13-23-19-7-6-16(25-27(17)19)15-4-1-2-5-18(15)31(29)30/h1-2,4-9,12-13,19,23H,3,10-11H2,(H,29,30)(H,22,24,28). The lowest BCUT2D eigenvalue weighted by atomic mass is 10.1. The van der Waals surface area contributed by atoms with Crippen LogP contribution >= 0.6 is 0 Å². The van der Waals surface area contributed by atoms with E-state index in [9.17, 15) is 13.6 Å². The molecule has 1 amide bonds. The number of rotatable bonds is 5. The van der Waals surface area contributed by atoms with E-state index in [1.165, 1.54) is 0 Å². The fraction of sp³-hybridized carbons (Fsp3) is 0.190. The van der Waals surface area contributed by atoms with Crippen molar-refractivity contribution in [3.05, 3.63) is 72.2 Å². The monoisotopic (exact) mass is 436 g/mol. The van der Waals surface area contributed by atoms with Crippen molar-refractivity contribution in [2.45, 2.75) is 17.5 Å².